The zero-order valence-electron chi connectivity index (χ0n) is 18.9. The molecule has 0 saturated carbocycles. The number of piperidine rings is 1. The molecule has 0 bridgehead atoms. The molecule has 0 aliphatic carbocycles. The van der Waals surface area contributed by atoms with Gasteiger partial charge in [-0.3, -0.25) is 14.4 Å². The highest BCUT2D eigenvalue weighted by molar-refractivity contribution is 5.99. The molecule has 2 aromatic rings. The van der Waals surface area contributed by atoms with E-state index in [1.807, 2.05) is 50.2 Å². The monoisotopic (exact) mass is 424 g/mol. The van der Waals surface area contributed by atoms with Crippen molar-refractivity contribution in [2.75, 3.05) is 19.7 Å². The highest BCUT2D eigenvalue weighted by Crippen LogP contribution is 2.37. The number of aryl methyl sites for hydroxylation is 1. The number of hydrogen-bond donors (Lipinski definition) is 0. The molecule has 1 fully saturated rings. The first-order valence-electron chi connectivity index (χ1n) is 11.0. The third-order valence-corrected chi connectivity index (χ3v) is 6.44. The van der Waals surface area contributed by atoms with Crippen molar-refractivity contribution in [1.82, 2.24) is 9.47 Å². The lowest BCUT2D eigenvalue weighted by Gasteiger charge is -2.40. The molecule has 1 amide bonds. The molecule has 1 aromatic heterocycles. The number of likely N-dealkylation sites (tertiary alicyclic amines) is 1. The van der Waals surface area contributed by atoms with Gasteiger partial charge < -0.3 is 14.2 Å². The van der Waals surface area contributed by atoms with Gasteiger partial charge in [-0.25, -0.2) is 0 Å². The summed E-state index contributed by atoms with van der Waals surface area (Å²) in [6.07, 6.45) is 1.94. The van der Waals surface area contributed by atoms with Crippen LogP contribution in [-0.2, 0) is 26.3 Å². The lowest BCUT2D eigenvalue weighted by molar-refractivity contribution is -0.153. The van der Waals surface area contributed by atoms with Crippen LogP contribution in [0.3, 0.4) is 0 Å². The number of aromatic nitrogens is 1. The smallest absolute Gasteiger partial charge is 0.317 e. The predicted molar refractivity (Wildman–Crippen MR) is 119 cm³/mol. The van der Waals surface area contributed by atoms with Crippen LogP contribution >= 0.6 is 0 Å². The number of nitrogens with zero attached hydrogens (tertiary/aromatic N) is 2. The highest BCUT2D eigenvalue weighted by atomic mass is 16.5. The fourth-order valence-electron chi connectivity index (χ4n) is 4.57. The van der Waals surface area contributed by atoms with Gasteiger partial charge in [0.1, 0.15) is 0 Å². The number of esters is 1. The minimum absolute atomic E-state index is 0.00708. The summed E-state index contributed by atoms with van der Waals surface area (Å²) in [7, 11) is 0. The van der Waals surface area contributed by atoms with Crippen molar-refractivity contribution < 1.29 is 19.1 Å². The van der Waals surface area contributed by atoms with Crippen LogP contribution in [0.4, 0.5) is 0 Å². The maximum absolute atomic E-state index is 13.3. The average molecular weight is 425 g/mol. The van der Waals surface area contributed by atoms with Crippen LogP contribution in [0.15, 0.2) is 36.4 Å². The number of amides is 1. The van der Waals surface area contributed by atoms with Crippen molar-refractivity contribution in [1.29, 1.82) is 0 Å². The Labute approximate surface area is 184 Å². The summed E-state index contributed by atoms with van der Waals surface area (Å²) in [4.78, 5) is 39.7. The van der Waals surface area contributed by atoms with Crippen molar-refractivity contribution >= 4 is 17.7 Å². The first-order valence-corrected chi connectivity index (χ1v) is 11.0. The van der Waals surface area contributed by atoms with Crippen molar-refractivity contribution in [2.24, 2.45) is 0 Å². The van der Waals surface area contributed by atoms with Crippen molar-refractivity contribution in [3.8, 4) is 0 Å². The molecule has 1 aromatic carbocycles. The molecule has 3 rings (SSSR count). The van der Waals surface area contributed by atoms with E-state index in [0.29, 0.717) is 31.5 Å². The van der Waals surface area contributed by atoms with E-state index in [1.54, 1.807) is 11.8 Å². The highest BCUT2D eigenvalue weighted by Gasteiger charge is 2.45. The van der Waals surface area contributed by atoms with E-state index in [4.69, 9.17) is 4.74 Å². The summed E-state index contributed by atoms with van der Waals surface area (Å²) in [6, 6.07) is 11.4. The van der Waals surface area contributed by atoms with E-state index in [2.05, 4.69) is 11.5 Å². The quantitative estimate of drug-likeness (QED) is 0.501. The van der Waals surface area contributed by atoms with Gasteiger partial charge in [-0.2, -0.15) is 0 Å². The van der Waals surface area contributed by atoms with Gasteiger partial charge >= 0.3 is 5.97 Å². The minimum Gasteiger partial charge on any atom is -0.457 e. The number of benzene rings is 1. The van der Waals surface area contributed by atoms with Crippen molar-refractivity contribution in [2.45, 2.75) is 58.9 Å². The van der Waals surface area contributed by atoms with Crippen LogP contribution in [-0.4, -0.2) is 46.8 Å². The van der Waals surface area contributed by atoms with Gasteiger partial charge in [-0.15, -0.1) is 0 Å². The maximum Gasteiger partial charge on any atom is 0.317 e. The first kappa shape index (κ1) is 22.8. The second-order valence-electron chi connectivity index (χ2n) is 8.39. The zero-order valence-corrected chi connectivity index (χ0v) is 18.9. The Kier molecular flexibility index (Phi) is 6.98. The summed E-state index contributed by atoms with van der Waals surface area (Å²) in [5.41, 5.74) is 2.59. The molecule has 31 heavy (non-hydrogen) atoms. The van der Waals surface area contributed by atoms with Crippen LogP contribution in [0.5, 0.6) is 0 Å². The maximum atomic E-state index is 13.3. The topological polar surface area (TPSA) is 68.6 Å². The number of carbonyl (C=O) groups is 3. The van der Waals surface area contributed by atoms with Gasteiger partial charge in [0.05, 0.1) is 5.41 Å². The third-order valence-electron chi connectivity index (χ3n) is 6.44. The Morgan fingerprint density at radius 2 is 1.71 bits per heavy atom. The van der Waals surface area contributed by atoms with Crippen LogP contribution in [0.25, 0.3) is 0 Å². The second kappa shape index (κ2) is 9.50. The number of rotatable bonds is 7. The van der Waals surface area contributed by atoms with E-state index in [1.165, 1.54) is 0 Å². The number of hydrogen-bond acceptors (Lipinski definition) is 4. The molecule has 0 atom stereocenters. The molecule has 0 unspecified atom stereocenters. The van der Waals surface area contributed by atoms with Gasteiger partial charge in [0.15, 0.2) is 6.61 Å². The van der Waals surface area contributed by atoms with E-state index in [9.17, 15) is 14.4 Å². The Hall–Kier alpha value is -2.89. The number of ether oxygens (including phenoxy) is 1. The molecule has 1 aliphatic heterocycles. The normalized spacial score (nSPS) is 15.5. The van der Waals surface area contributed by atoms with E-state index in [-0.39, 0.29) is 18.3 Å². The molecule has 166 valence electrons. The third kappa shape index (κ3) is 4.58. The minimum atomic E-state index is -0.841. The average Bonchev–Trinajstić information content (AvgIpc) is 3.06. The largest absolute Gasteiger partial charge is 0.457 e. The molecule has 6 heteroatoms. The van der Waals surface area contributed by atoms with Gasteiger partial charge in [0.2, 0.25) is 11.7 Å². The first-order chi connectivity index (χ1) is 14.8. The Morgan fingerprint density at radius 1 is 1.06 bits per heavy atom. The van der Waals surface area contributed by atoms with Gasteiger partial charge in [-0.05, 0) is 44.7 Å². The van der Waals surface area contributed by atoms with Gasteiger partial charge in [-0.1, -0.05) is 37.3 Å². The van der Waals surface area contributed by atoms with E-state index in [0.717, 1.165) is 29.9 Å². The summed E-state index contributed by atoms with van der Waals surface area (Å²) >= 11 is 0. The molecule has 6 nitrogen and oxygen atoms in total. The molecule has 0 radical (unpaired) electrons. The zero-order chi connectivity index (χ0) is 22.6. The van der Waals surface area contributed by atoms with E-state index >= 15 is 0 Å². The van der Waals surface area contributed by atoms with Crippen LogP contribution in [0.2, 0.25) is 0 Å². The van der Waals surface area contributed by atoms with Crippen LogP contribution in [0, 0.1) is 13.8 Å². The van der Waals surface area contributed by atoms with Gasteiger partial charge in [0.25, 0.3) is 0 Å². The Morgan fingerprint density at radius 3 is 2.29 bits per heavy atom. The predicted octanol–water partition coefficient (Wildman–Crippen LogP) is 3.82. The number of Topliss-reactive ketones (excluding diaryl/α,β-unsaturated/α-hetero) is 1. The van der Waals surface area contributed by atoms with Crippen molar-refractivity contribution in [3.63, 3.8) is 0 Å². The summed E-state index contributed by atoms with van der Waals surface area (Å²) in [5, 5.41) is 0. The number of ketones is 1. The molecule has 0 N–H and O–H groups in total. The van der Waals surface area contributed by atoms with Gasteiger partial charge in [0, 0.05) is 43.5 Å². The van der Waals surface area contributed by atoms with Crippen molar-refractivity contribution in [3.05, 3.63) is 58.9 Å². The molecule has 1 aliphatic rings. The standard InChI is InChI=1S/C25H32N2O4/c1-5-13-27-18(2)16-22(19(27)3)23(29)17-31-24(30)25(21-9-7-6-8-10-21)11-14-26(15-12-25)20(4)28/h6-10,16H,5,11-15,17H2,1-4H3. The Balaban J connectivity index is 1.77. The second-order valence-corrected chi connectivity index (χ2v) is 8.39. The lowest BCUT2D eigenvalue weighted by Crippen LogP contribution is -2.49. The molecule has 2 heterocycles. The lowest BCUT2D eigenvalue weighted by atomic mass is 9.72. The fraction of sp³-hybridized carbons (Fsp3) is 0.480. The van der Waals surface area contributed by atoms with E-state index < -0.39 is 11.4 Å². The SMILES string of the molecule is CCCn1c(C)cc(C(=O)COC(=O)C2(c3ccccc3)CCN(C(C)=O)CC2)c1C. The van der Waals surface area contributed by atoms with Crippen LogP contribution < -0.4 is 0 Å². The molecule has 0 spiro atoms. The summed E-state index contributed by atoms with van der Waals surface area (Å²) in [6.45, 7) is 9.12. The van der Waals surface area contributed by atoms with Crippen LogP contribution in [0.1, 0.15) is 60.4 Å². The summed E-state index contributed by atoms with van der Waals surface area (Å²) < 4.78 is 7.74. The molecule has 1 saturated heterocycles. The molecular formula is C25H32N2O4. The molecular weight excluding hydrogens is 392 g/mol. The fourth-order valence-corrected chi connectivity index (χ4v) is 4.57. The number of carbonyl (C=O) groups excluding carboxylic acids is 3. The Bertz CT molecular complexity index is 953. The summed E-state index contributed by atoms with van der Waals surface area (Å²) in [5.74, 6) is -0.571.